The van der Waals surface area contributed by atoms with Crippen molar-refractivity contribution in [2.24, 2.45) is 4.99 Å². The number of aromatic nitrogens is 1. The van der Waals surface area contributed by atoms with E-state index in [-0.39, 0.29) is 17.4 Å². The summed E-state index contributed by atoms with van der Waals surface area (Å²) in [4.78, 5) is 5.03. The van der Waals surface area contributed by atoms with Gasteiger partial charge in [0.2, 0.25) is 5.69 Å². The molecule has 3 N–H and O–H groups in total. The van der Waals surface area contributed by atoms with Crippen LogP contribution >= 0.6 is 22.7 Å². The Morgan fingerprint density at radius 1 is 0.966 bits per heavy atom. The lowest BCUT2D eigenvalue weighted by Gasteiger charge is -2.07. The van der Waals surface area contributed by atoms with Gasteiger partial charge in [-0.1, -0.05) is 11.3 Å². The highest BCUT2D eigenvalue weighted by Crippen LogP contribution is 2.35. The quantitative estimate of drug-likeness (QED) is 0.252. The highest BCUT2D eigenvalue weighted by molar-refractivity contribution is 7.35. The van der Waals surface area contributed by atoms with Gasteiger partial charge in [-0.15, -0.1) is 4.40 Å². The zero-order chi connectivity index (χ0) is 20.5. The number of phenols is 2. The van der Waals surface area contributed by atoms with Crippen molar-refractivity contribution in [2.75, 3.05) is 14.2 Å². The van der Waals surface area contributed by atoms with Crippen molar-refractivity contribution >= 4 is 38.7 Å². The van der Waals surface area contributed by atoms with E-state index in [0.29, 0.717) is 33.3 Å². The molecule has 7 nitrogen and oxygen atoms in total. The highest BCUT2D eigenvalue weighted by Gasteiger charge is 2.27. The van der Waals surface area contributed by atoms with Crippen LogP contribution in [0.3, 0.4) is 0 Å². The average Bonchev–Trinajstić information content (AvgIpc) is 3.28. The molecule has 0 radical (unpaired) electrons. The molecule has 2 aromatic carbocycles. The predicted molar refractivity (Wildman–Crippen MR) is 113 cm³/mol. The predicted octanol–water partition coefficient (Wildman–Crippen LogP) is 4.10. The molecule has 0 fully saturated rings. The largest absolute Gasteiger partial charge is 0.504 e. The zero-order valence-electron chi connectivity index (χ0n) is 15.5. The molecule has 0 saturated carbocycles. The number of aliphatic imine (C=N–C) groups is 1. The third-order valence-corrected chi connectivity index (χ3v) is 6.42. The van der Waals surface area contributed by atoms with Crippen molar-refractivity contribution in [1.82, 2.24) is 0 Å². The van der Waals surface area contributed by atoms with Gasteiger partial charge in [-0.3, -0.25) is 4.99 Å². The molecule has 0 aliphatic rings. The second-order valence-electron chi connectivity index (χ2n) is 6.01. The Kier molecular flexibility index (Phi) is 4.99. The van der Waals surface area contributed by atoms with Crippen LogP contribution in [0.15, 0.2) is 46.8 Å². The Morgan fingerprint density at radius 3 is 2.48 bits per heavy atom. The van der Waals surface area contributed by atoms with Crippen LogP contribution in [0.5, 0.6) is 28.9 Å². The number of hydrogen-bond donors (Lipinski definition) is 3. The maximum absolute atomic E-state index is 10.7. The number of rotatable bonds is 5. The number of aromatic hydroxyl groups is 3. The molecule has 0 atom stereocenters. The maximum Gasteiger partial charge on any atom is 0.392 e. The van der Waals surface area contributed by atoms with Gasteiger partial charge in [-0.05, 0) is 41.7 Å². The summed E-state index contributed by atoms with van der Waals surface area (Å²) in [5.74, 6) is 0.832. The van der Waals surface area contributed by atoms with Crippen LogP contribution in [-0.4, -0.2) is 35.8 Å². The molecule has 148 valence electrons. The van der Waals surface area contributed by atoms with E-state index in [9.17, 15) is 15.3 Å². The molecule has 0 aliphatic heterocycles. The van der Waals surface area contributed by atoms with Gasteiger partial charge in [0.05, 0.1) is 37.1 Å². The first-order valence-electron chi connectivity index (χ1n) is 8.45. The Morgan fingerprint density at radius 2 is 1.76 bits per heavy atom. The lowest BCUT2D eigenvalue weighted by atomic mass is 10.1. The monoisotopic (exact) mass is 429 g/mol. The molecule has 0 aliphatic carbocycles. The molecule has 0 spiro atoms. The number of thiazole rings is 2. The summed E-state index contributed by atoms with van der Waals surface area (Å²) in [6.45, 7) is 0. The van der Waals surface area contributed by atoms with Crippen molar-refractivity contribution in [1.29, 1.82) is 0 Å². The second-order valence-corrected chi connectivity index (χ2v) is 8.16. The molecule has 0 bridgehead atoms. The first-order valence-corrected chi connectivity index (χ1v) is 10.1. The van der Waals surface area contributed by atoms with E-state index in [1.165, 1.54) is 34.8 Å². The standard InChI is InChI=1S/C20H16N2O5S2/c1-26-16-6-4-12(8-17(16)27-2)21-9-18-19(25)22-13(10-28-20(22)29-18)11-3-5-14(23)15(24)7-11/h3-10H,1-2H3,(H2-,21,23,24,25)/p+1. The van der Waals surface area contributed by atoms with Crippen molar-refractivity contribution in [3.05, 3.63) is 46.7 Å². The number of hydrogen-bond acceptors (Lipinski definition) is 8. The number of phenolic OH excluding ortho intramolecular Hbond substituents is 2. The molecule has 0 saturated heterocycles. The normalized spacial score (nSPS) is 11.4. The smallest absolute Gasteiger partial charge is 0.392 e. The van der Waals surface area contributed by atoms with Gasteiger partial charge < -0.3 is 24.8 Å². The van der Waals surface area contributed by atoms with Crippen LogP contribution in [0.2, 0.25) is 0 Å². The summed E-state index contributed by atoms with van der Waals surface area (Å²) in [6, 6.07) is 9.86. The summed E-state index contributed by atoms with van der Waals surface area (Å²) in [7, 11) is 3.13. The number of benzene rings is 2. The zero-order valence-corrected chi connectivity index (χ0v) is 17.1. The van der Waals surface area contributed by atoms with Crippen LogP contribution in [-0.2, 0) is 0 Å². The summed E-state index contributed by atoms with van der Waals surface area (Å²) in [5.41, 5.74) is 2.04. The highest BCUT2D eigenvalue weighted by atomic mass is 32.2. The number of fused-ring (bicyclic) bond motifs is 1. The van der Waals surface area contributed by atoms with Gasteiger partial charge in [-0.2, -0.15) is 0 Å². The molecule has 0 unspecified atom stereocenters. The number of nitrogens with zero attached hydrogens (tertiary/aromatic N) is 2. The number of ether oxygens (including phenoxy) is 2. The van der Waals surface area contributed by atoms with E-state index >= 15 is 0 Å². The van der Waals surface area contributed by atoms with Crippen molar-refractivity contribution < 1.29 is 29.2 Å². The topological polar surface area (TPSA) is 95.6 Å². The molecular formula is C20H17N2O5S2+. The van der Waals surface area contributed by atoms with Gasteiger partial charge in [0, 0.05) is 6.07 Å². The van der Waals surface area contributed by atoms with E-state index in [2.05, 4.69) is 4.99 Å². The fourth-order valence-electron chi connectivity index (χ4n) is 2.83. The first-order chi connectivity index (χ1) is 14.0. The summed E-state index contributed by atoms with van der Waals surface area (Å²) in [6.07, 6.45) is 1.60. The van der Waals surface area contributed by atoms with Crippen LogP contribution in [0.1, 0.15) is 4.88 Å². The van der Waals surface area contributed by atoms with Gasteiger partial charge in [-0.25, -0.2) is 0 Å². The Bertz CT molecular complexity index is 1230. The van der Waals surface area contributed by atoms with Gasteiger partial charge in [0.1, 0.15) is 0 Å². The van der Waals surface area contributed by atoms with E-state index in [0.717, 1.165) is 4.14 Å². The van der Waals surface area contributed by atoms with E-state index in [4.69, 9.17) is 9.47 Å². The van der Waals surface area contributed by atoms with Crippen molar-refractivity contribution in [2.45, 2.75) is 0 Å². The minimum atomic E-state index is -0.215. The summed E-state index contributed by atoms with van der Waals surface area (Å²) >= 11 is 2.86. The Hall–Kier alpha value is -3.30. The molecule has 2 heterocycles. The fourth-order valence-corrected chi connectivity index (χ4v) is 4.94. The Balaban J connectivity index is 1.71. The molecule has 4 aromatic rings. The minimum absolute atomic E-state index is 0.0537. The second kappa shape index (κ2) is 7.61. The van der Waals surface area contributed by atoms with Crippen LogP contribution in [0, 0.1) is 0 Å². The Labute approximate surface area is 174 Å². The molecule has 4 rings (SSSR count). The van der Waals surface area contributed by atoms with Crippen molar-refractivity contribution in [3.8, 4) is 40.1 Å². The van der Waals surface area contributed by atoms with Crippen LogP contribution in [0.25, 0.3) is 15.4 Å². The van der Waals surface area contributed by atoms with Gasteiger partial charge in [0.15, 0.2) is 27.9 Å². The van der Waals surface area contributed by atoms with Gasteiger partial charge >= 0.3 is 10.0 Å². The lowest BCUT2D eigenvalue weighted by molar-refractivity contribution is -0.502. The van der Waals surface area contributed by atoms with Crippen LogP contribution < -0.4 is 13.9 Å². The lowest BCUT2D eigenvalue weighted by Crippen LogP contribution is -2.18. The maximum atomic E-state index is 10.7. The van der Waals surface area contributed by atoms with Gasteiger partial charge in [0.25, 0.3) is 0 Å². The molecule has 29 heavy (non-hydrogen) atoms. The summed E-state index contributed by atoms with van der Waals surface area (Å²) < 4.78 is 13.1. The molecule has 9 heteroatoms. The van der Waals surface area contributed by atoms with E-state index in [1.807, 2.05) is 5.38 Å². The third-order valence-electron chi connectivity index (χ3n) is 4.29. The molecular weight excluding hydrogens is 412 g/mol. The first kappa shape index (κ1) is 19.0. The molecule has 0 amide bonds. The minimum Gasteiger partial charge on any atom is -0.504 e. The summed E-state index contributed by atoms with van der Waals surface area (Å²) in [5, 5.41) is 31.9. The van der Waals surface area contributed by atoms with E-state index < -0.39 is 0 Å². The van der Waals surface area contributed by atoms with Crippen molar-refractivity contribution in [3.63, 3.8) is 0 Å². The number of methoxy groups -OCH3 is 2. The fraction of sp³-hybridized carbons (Fsp3) is 0.100. The SMILES string of the molecule is COc1ccc(N=Cc2sc3scc(-c4ccc(O)c(O)c4)[n+]3c2O)cc1OC. The van der Waals surface area contributed by atoms with Crippen LogP contribution in [0.4, 0.5) is 5.69 Å². The molecule has 2 aromatic heterocycles. The average molecular weight is 429 g/mol. The third kappa shape index (κ3) is 3.45. The van der Waals surface area contributed by atoms with E-state index in [1.54, 1.807) is 49.1 Å².